The number of guanidine groups is 1. The minimum Gasteiger partial charge on any atom is -0.327 e. The zero-order valence-electron chi connectivity index (χ0n) is 10.7. The fraction of sp³-hybridized carbons (Fsp3) is 0.143. The van der Waals surface area contributed by atoms with Crippen molar-refractivity contribution in [1.29, 1.82) is 0 Å². The molecule has 1 atom stereocenters. The minimum absolute atomic E-state index is 0.103. The number of benzene rings is 1. The van der Waals surface area contributed by atoms with Crippen LogP contribution in [0.15, 0.2) is 58.2 Å². The second-order valence-electron chi connectivity index (χ2n) is 4.29. The summed E-state index contributed by atoms with van der Waals surface area (Å²) in [5.74, 6) is 0.545. The van der Waals surface area contributed by atoms with E-state index >= 15 is 0 Å². The van der Waals surface area contributed by atoms with Crippen LogP contribution in [0.1, 0.15) is 12.0 Å². The van der Waals surface area contributed by atoms with Crippen LogP contribution in [0, 0.1) is 0 Å². The van der Waals surface area contributed by atoms with Gasteiger partial charge in [-0.3, -0.25) is 0 Å². The van der Waals surface area contributed by atoms with Gasteiger partial charge in [0, 0.05) is 22.2 Å². The molecular formula is C14H14Cl2N4. The third-order valence-corrected chi connectivity index (χ3v) is 3.04. The van der Waals surface area contributed by atoms with Gasteiger partial charge in [0.25, 0.3) is 0 Å². The van der Waals surface area contributed by atoms with E-state index in [-0.39, 0.29) is 6.04 Å². The first-order valence-electron chi connectivity index (χ1n) is 5.96. The molecule has 0 fully saturated rings. The minimum atomic E-state index is -0.103. The van der Waals surface area contributed by atoms with Gasteiger partial charge in [-0.05, 0) is 17.7 Å². The van der Waals surface area contributed by atoms with Crippen LogP contribution in [0.3, 0.4) is 0 Å². The molecule has 4 nitrogen and oxygen atoms in total. The Balaban J connectivity index is 1.92. The molecule has 1 unspecified atom stereocenters. The Morgan fingerprint density at radius 3 is 2.80 bits per heavy atom. The third kappa shape index (κ3) is 4.11. The number of hydrazone groups is 1. The molecule has 0 bridgehead atoms. The van der Waals surface area contributed by atoms with Crippen LogP contribution in [-0.2, 0) is 0 Å². The molecule has 1 aliphatic rings. The van der Waals surface area contributed by atoms with Gasteiger partial charge in [-0.1, -0.05) is 48.5 Å². The Kier molecular flexibility index (Phi) is 4.82. The summed E-state index contributed by atoms with van der Waals surface area (Å²) in [6.07, 6.45) is 2.23. The Morgan fingerprint density at radius 2 is 2.15 bits per heavy atom. The van der Waals surface area contributed by atoms with Crippen LogP contribution in [0.2, 0.25) is 5.02 Å². The highest BCUT2D eigenvalue weighted by atomic mass is 35.5. The fourth-order valence-electron chi connectivity index (χ4n) is 1.65. The maximum Gasteiger partial charge on any atom is 0.217 e. The molecule has 0 aromatic heterocycles. The first kappa shape index (κ1) is 14.6. The van der Waals surface area contributed by atoms with E-state index in [9.17, 15) is 0 Å². The lowest BCUT2D eigenvalue weighted by Gasteiger charge is -2.05. The summed E-state index contributed by atoms with van der Waals surface area (Å²) >= 11 is 11.6. The van der Waals surface area contributed by atoms with Gasteiger partial charge >= 0.3 is 0 Å². The van der Waals surface area contributed by atoms with E-state index in [0.29, 0.717) is 22.4 Å². The fourth-order valence-corrected chi connectivity index (χ4v) is 1.93. The van der Waals surface area contributed by atoms with Gasteiger partial charge in [0.15, 0.2) is 0 Å². The van der Waals surface area contributed by atoms with Crippen molar-refractivity contribution in [3.8, 4) is 0 Å². The summed E-state index contributed by atoms with van der Waals surface area (Å²) in [7, 11) is 0. The highest BCUT2D eigenvalue weighted by Gasteiger charge is 2.20. The van der Waals surface area contributed by atoms with Gasteiger partial charge in [-0.2, -0.15) is 5.10 Å². The van der Waals surface area contributed by atoms with Crippen molar-refractivity contribution < 1.29 is 0 Å². The summed E-state index contributed by atoms with van der Waals surface area (Å²) in [6.45, 7) is 7.54. The largest absolute Gasteiger partial charge is 0.327 e. The predicted molar refractivity (Wildman–Crippen MR) is 85.3 cm³/mol. The summed E-state index contributed by atoms with van der Waals surface area (Å²) < 4.78 is 0. The zero-order chi connectivity index (χ0) is 14.5. The second-order valence-corrected chi connectivity index (χ2v) is 5.26. The van der Waals surface area contributed by atoms with Crippen LogP contribution < -0.4 is 10.7 Å². The lowest BCUT2D eigenvalue weighted by Crippen LogP contribution is -2.29. The maximum atomic E-state index is 5.81. The number of halogens is 2. The molecule has 2 rings (SSSR count). The van der Waals surface area contributed by atoms with Crippen molar-refractivity contribution in [2.75, 3.05) is 0 Å². The summed E-state index contributed by atoms with van der Waals surface area (Å²) in [6, 6.07) is 7.25. The zero-order valence-corrected chi connectivity index (χ0v) is 12.2. The topological polar surface area (TPSA) is 48.8 Å². The summed E-state index contributed by atoms with van der Waals surface area (Å²) in [5.41, 5.74) is 4.53. The van der Waals surface area contributed by atoms with E-state index in [4.69, 9.17) is 23.2 Å². The average molecular weight is 309 g/mol. The van der Waals surface area contributed by atoms with Crippen LogP contribution in [0.4, 0.5) is 0 Å². The van der Waals surface area contributed by atoms with Gasteiger partial charge in [-0.15, -0.1) is 0 Å². The molecule has 0 aliphatic carbocycles. The SMILES string of the molecule is C=C(Cl)CC1N=C(N/N=C/c2ccc(Cl)cc2)NC1=C. The number of aliphatic imine (C=N–C) groups is 1. The normalized spacial score (nSPS) is 18.0. The molecule has 0 saturated heterocycles. The lowest BCUT2D eigenvalue weighted by molar-refractivity contribution is 0.792. The molecule has 0 spiro atoms. The Bertz CT molecular complexity index is 575. The molecular weight excluding hydrogens is 295 g/mol. The number of rotatable bonds is 4. The third-order valence-electron chi connectivity index (χ3n) is 2.64. The smallest absolute Gasteiger partial charge is 0.217 e. The number of hydrogen-bond acceptors (Lipinski definition) is 4. The van der Waals surface area contributed by atoms with E-state index < -0.39 is 0 Å². The molecule has 0 amide bonds. The van der Waals surface area contributed by atoms with E-state index in [1.807, 2.05) is 12.1 Å². The maximum absolute atomic E-state index is 5.81. The molecule has 2 N–H and O–H groups in total. The quantitative estimate of drug-likeness (QED) is 0.662. The van der Waals surface area contributed by atoms with Crippen LogP contribution in [-0.4, -0.2) is 18.2 Å². The van der Waals surface area contributed by atoms with Gasteiger partial charge in [-0.25, -0.2) is 10.4 Å². The van der Waals surface area contributed by atoms with Gasteiger partial charge < -0.3 is 5.32 Å². The van der Waals surface area contributed by atoms with Crippen molar-refractivity contribution in [3.63, 3.8) is 0 Å². The highest BCUT2D eigenvalue weighted by molar-refractivity contribution is 6.30. The summed E-state index contributed by atoms with van der Waals surface area (Å²) in [5, 5.41) is 8.35. The molecule has 20 heavy (non-hydrogen) atoms. The first-order valence-corrected chi connectivity index (χ1v) is 6.72. The Labute approximate surface area is 127 Å². The summed E-state index contributed by atoms with van der Waals surface area (Å²) in [4.78, 5) is 4.37. The van der Waals surface area contributed by atoms with Crippen molar-refractivity contribution in [1.82, 2.24) is 10.7 Å². The van der Waals surface area contributed by atoms with E-state index in [0.717, 1.165) is 11.3 Å². The van der Waals surface area contributed by atoms with E-state index in [1.54, 1.807) is 18.3 Å². The first-order chi connectivity index (χ1) is 9.54. The second kappa shape index (κ2) is 6.59. The number of nitrogens with zero attached hydrogens (tertiary/aromatic N) is 2. The Hall–Kier alpha value is -1.78. The number of nitrogens with one attached hydrogen (secondary N) is 2. The highest BCUT2D eigenvalue weighted by Crippen LogP contribution is 2.18. The molecule has 0 saturated carbocycles. The number of hydrogen-bond donors (Lipinski definition) is 2. The molecule has 1 aromatic rings. The van der Waals surface area contributed by atoms with E-state index in [2.05, 4.69) is 34.0 Å². The van der Waals surface area contributed by atoms with Crippen LogP contribution >= 0.6 is 23.2 Å². The van der Waals surface area contributed by atoms with Crippen LogP contribution in [0.25, 0.3) is 0 Å². The lowest BCUT2D eigenvalue weighted by atomic mass is 10.2. The molecule has 0 radical (unpaired) electrons. The van der Waals surface area contributed by atoms with Crippen molar-refractivity contribution in [2.45, 2.75) is 12.5 Å². The predicted octanol–water partition coefficient (Wildman–Crippen LogP) is 3.25. The molecule has 1 aliphatic heterocycles. The van der Waals surface area contributed by atoms with Gasteiger partial charge in [0.2, 0.25) is 5.96 Å². The molecule has 1 aromatic carbocycles. The van der Waals surface area contributed by atoms with Gasteiger partial charge in [0.1, 0.15) is 0 Å². The average Bonchev–Trinajstić information content (AvgIpc) is 2.72. The van der Waals surface area contributed by atoms with Crippen LogP contribution in [0.5, 0.6) is 0 Å². The molecule has 1 heterocycles. The Morgan fingerprint density at radius 1 is 1.45 bits per heavy atom. The van der Waals surface area contributed by atoms with Gasteiger partial charge in [0.05, 0.1) is 12.3 Å². The monoisotopic (exact) mass is 308 g/mol. The standard InChI is InChI=1S/C14H14Cl2N4/c1-9(15)7-13-10(2)18-14(19-13)20-17-8-11-3-5-12(16)6-4-11/h3-6,8,13H,1-2,7H2,(H2,18,19,20)/b17-8+. The van der Waals surface area contributed by atoms with Crippen molar-refractivity contribution in [2.24, 2.45) is 10.1 Å². The van der Waals surface area contributed by atoms with E-state index in [1.165, 1.54) is 0 Å². The molecule has 104 valence electrons. The van der Waals surface area contributed by atoms with Crippen molar-refractivity contribution in [3.05, 3.63) is 58.7 Å². The molecule has 6 heteroatoms. The van der Waals surface area contributed by atoms with Crippen molar-refractivity contribution >= 4 is 35.4 Å².